The van der Waals surface area contributed by atoms with Gasteiger partial charge in [-0.25, -0.2) is 9.59 Å². The summed E-state index contributed by atoms with van der Waals surface area (Å²) in [4.78, 5) is 27.8. The predicted octanol–water partition coefficient (Wildman–Crippen LogP) is 5.64. The third-order valence-electron chi connectivity index (χ3n) is 6.11. The van der Waals surface area contributed by atoms with E-state index in [0.717, 1.165) is 11.1 Å². The highest BCUT2D eigenvalue weighted by Crippen LogP contribution is 2.41. The summed E-state index contributed by atoms with van der Waals surface area (Å²) in [7, 11) is 4.17. The summed E-state index contributed by atoms with van der Waals surface area (Å²) < 4.78 is 21.8. The molecule has 1 aliphatic heterocycles. The van der Waals surface area contributed by atoms with Crippen molar-refractivity contribution in [2.75, 3.05) is 21.3 Å². The normalized spacial score (nSPS) is 13.3. The van der Waals surface area contributed by atoms with Crippen molar-refractivity contribution < 1.29 is 28.5 Å². The second-order valence-corrected chi connectivity index (χ2v) is 9.00. The summed E-state index contributed by atoms with van der Waals surface area (Å²) in [5.41, 5.74) is 3.14. The molecule has 0 spiro atoms. The number of hydrogen-bond donors (Lipinski definition) is 0. The smallest absolute Gasteiger partial charge is 0.336 e. The lowest BCUT2D eigenvalue weighted by Crippen LogP contribution is -2.28. The fourth-order valence-corrected chi connectivity index (χ4v) is 4.39. The highest BCUT2D eigenvalue weighted by atomic mass is 35.5. The summed E-state index contributed by atoms with van der Waals surface area (Å²) >= 11 is 6.02. The van der Waals surface area contributed by atoms with E-state index < -0.39 is 17.9 Å². The molecular weight excluding hydrogens is 506 g/mol. The van der Waals surface area contributed by atoms with Gasteiger partial charge in [0.05, 0.1) is 38.4 Å². The zero-order valence-electron chi connectivity index (χ0n) is 21.3. The number of hydrogen-bond acceptors (Lipinski definition) is 7. The molecule has 0 bridgehead atoms. The Labute approximate surface area is 226 Å². The molecule has 38 heavy (non-hydrogen) atoms. The van der Waals surface area contributed by atoms with Crippen molar-refractivity contribution in [1.82, 2.24) is 4.90 Å². The van der Waals surface area contributed by atoms with E-state index in [0.29, 0.717) is 35.2 Å². The Morgan fingerprint density at radius 1 is 0.789 bits per heavy atom. The number of benzene rings is 3. The van der Waals surface area contributed by atoms with Crippen LogP contribution >= 0.6 is 11.6 Å². The topological polar surface area (TPSA) is 74.3 Å². The molecule has 0 fully saturated rings. The molecule has 3 aromatic rings. The van der Waals surface area contributed by atoms with Crippen LogP contribution in [0.5, 0.6) is 11.5 Å². The van der Waals surface area contributed by atoms with Gasteiger partial charge in [-0.2, -0.15) is 0 Å². The first kappa shape index (κ1) is 26.8. The third-order valence-corrected chi connectivity index (χ3v) is 6.36. The molecule has 0 aliphatic carbocycles. The van der Waals surface area contributed by atoms with Gasteiger partial charge < -0.3 is 23.8 Å². The molecule has 0 N–H and O–H groups in total. The van der Waals surface area contributed by atoms with E-state index in [1.54, 1.807) is 54.7 Å². The zero-order valence-corrected chi connectivity index (χ0v) is 22.1. The van der Waals surface area contributed by atoms with E-state index in [9.17, 15) is 9.59 Å². The van der Waals surface area contributed by atoms with Gasteiger partial charge in [0.2, 0.25) is 0 Å². The van der Waals surface area contributed by atoms with E-state index >= 15 is 0 Å². The Bertz CT molecular complexity index is 1320. The van der Waals surface area contributed by atoms with Crippen LogP contribution < -0.4 is 9.47 Å². The van der Waals surface area contributed by atoms with Gasteiger partial charge in [-0.1, -0.05) is 60.1 Å². The zero-order chi connectivity index (χ0) is 27.1. The van der Waals surface area contributed by atoms with Crippen LogP contribution in [-0.2, 0) is 32.2 Å². The van der Waals surface area contributed by atoms with E-state index in [4.69, 9.17) is 30.5 Å². The lowest BCUT2D eigenvalue weighted by molar-refractivity contribution is -0.137. The molecule has 0 unspecified atom stereocenters. The highest BCUT2D eigenvalue weighted by Gasteiger charge is 2.35. The molecule has 0 radical (unpaired) electrons. The lowest BCUT2D eigenvalue weighted by Gasteiger charge is -2.30. The Kier molecular flexibility index (Phi) is 8.71. The van der Waals surface area contributed by atoms with Gasteiger partial charge in [-0.15, -0.1) is 0 Å². The Morgan fingerprint density at radius 2 is 1.42 bits per heavy atom. The first-order valence-electron chi connectivity index (χ1n) is 11.9. The minimum absolute atomic E-state index is 0.281. The van der Waals surface area contributed by atoms with Gasteiger partial charge in [0.25, 0.3) is 0 Å². The number of nitrogens with zero attached hydrogens (tertiary/aromatic N) is 1. The van der Waals surface area contributed by atoms with Crippen molar-refractivity contribution in [2.24, 2.45) is 0 Å². The van der Waals surface area contributed by atoms with Gasteiger partial charge in [-0.3, -0.25) is 0 Å². The van der Waals surface area contributed by atoms with E-state index in [1.165, 1.54) is 14.2 Å². The number of rotatable bonds is 9. The van der Waals surface area contributed by atoms with Crippen molar-refractivity contribution >= 4 is 23.5 Å². The van der Waals surface area contributed by atoms with Crippen LogP contribution in [0.25, 0.3) is 0 Å². The monoisotopic (exact) mass is 533 g/mol. The molecule has 4 rings (SSSR count). The summed E-state index contributed by atoms with van der Waals surface area (Å²) in [6, 6.07) is 22.4. The second kappa shape index (κ2) is 12.3. The number of carbonyl (C=O) groups is 2. The van der Waals surface area contributed by atoms with Crippen LogP contribution in [0, 0.1) is 0 Å². The molecule has 0 atom stereocenters. The summed E-state index contributed by atoms with van der Waals surface area (Å²) in [5.74, 6) is -0.870. The van der Waals surface area contributed by atoms with Gasteiger partial charge in [-0.05, 0) is 41.0 Å². The molecule has 0 amide bonds. The standard InChI is InChI=1S/C30H28ClNO6/c1-35-26-14-11-22(15-27(26)38-19-21-7-5-4-6-8-21)28-24(29(33)36-2)17-32(18-25(28)30(34)37-3)16-20-9-12-23(31)13-10-20/h4-15,17-18,28H,16,19H2,1-3H3. The number of carbonyl (C=O) groups excluding carboxylic acids is 2. The fraction of sp³-hybridized carbons (Fsp3) is 0.200. The molecule has 196 valence electrons. The van der Waals surface area contributed by atoms with Gasteiger partial charge in [0.15, 0.2) is 11.5 Å². The summed E-state index contributed by atoms with van der Waals surface area (Å²) in [6.07, 6.45) is 3.37. The molecule has 1 aliphatic rings. The highest BCUT2D eigenvalue weighted by molar-refractivity contribution is 6.30. The van der Waals surface area contributed by atoms with Gasteiger partial charge >= 0.3 is 11.9 Å². The van der Waals surface area contributed by atoms with Crippen LogP contribution in [0.1, 0.15) is 22.6 Å². The Morgan fingerprint density at radius 3 is 2.00 bits per heavy atom. The van der Waals surface area contributed by atoms with Crippen LogP contribution in [0.15, 0.2) is 96.3 Å². The van der Waals surface area contributed by atoms with Crippen molar-refractivity contribution in [3.63, 3.8) is 0 Å². The number of ether oxygens (including phenoxy) is 4. The van der Waals surface area contributed by atoms with Crippen molar-refractivity contribution in [3.8, 4) is 11.5 Å². The number of methoxy groups -OCH3 is 3. The second-order valence-electron chi connectivity index (χ2n) is 8.57. The third kappa shape index (κ3) is 6.18. The van der Waals surface area contributed by atoms with E-state index in [-0.39, 0.29) is 11.1 Å². The first-order chi connectivity index (χ1) is 18.4. The molecule has 7 nitrogen and oxygen atoms in total. The average molecular weight is 534 g/mol. The maximum Gasteiger partial charge on any atom is 0.336 e. The Balaban J connectivity index is 1.73. The minimum Gasteiger partial charge on any atom is -0.493 e. The Hall–Kier alpha value is -4.23. The van der Waals surface area contributed by atoms with Crippen LogP contribution in [-0.4, -0.2) is 38.2 Å². The number of halogens is 1. The molecule has 1 heterocycles. The predicted molar refractivity (Wildman–Crippen MR) is 144 cm³/mol. The van der Waals surface area contributed by atoms with Crippen molar-refractivity contribution in [2.45, 2.75) is 19.1 Å². The largest absolute Gasteiger partial charge is 0.493 e. The van der Waals surface area contributed by atoms with Gasteiger partial charge in [0, 0.05) is 24.0 Å². The molecule has 0 saturated carbocycles. The van der Waals surface area contributed by atoms with Crippen LogP contribution in [0.3, 0.4) is 0 Å². The number of esters is 2. The minimum atomic E-state index is -0.749. The quantitative estimate of drug-likeness (QED) is 0.329. The van der Waals surface area contributed by atoms with Crippen LogP contribution in [0.4, 0.5) is 0 Å². The average Bonchev–Trinajstić information content (AvgIpc) is 2.96. The molecule has 8 heteroatoms. The van der Waals surface area contributed by atoms with E-state index in [2.05, 4.69) is 0 Å². The first-order valence-corrected chi connectivity index (χ1v) is 12.3. The molecule has 0 saturated heterocycles. The fourth-order valence-electron chi connectivity index (χ4n) is 4.26. The molecular formula is C30H28ClNO6. The van der Waals surface area contributed by atoms with E-state index in [1.807, 2.05) is 42.5 Å². The van der Waals surface area contributed by atoms with Crippen molar-refractivity contribution in [3.05, 3.63) is 118 Å². The van der Waals surface area contributed by atoms with Crippen molar-refractivity contribution in [1.29, 1.82) is 0 Å². The summed E-state index contributed by atoms with van der Waals surface area (Å²) in [5, 5.41) is 0.619. The van der Waals surface area contributed by atoms with Crippen LogP contribution in [0.2, 0.25) is 5.02 Å². The molecule has 3 aromatic carbocycles. The van der Waals surface area contributed by atoms with Gasteiger partial charge in [0.1, 0.15) is 6.61 Å². The maximum atomic E-state index is 13.0. The molecule has 0 aromatic heterocycles. The lowest BCUT2D eigenvalue weighted by atomic mass is 9.83. The maximum absolute atomic E-state index is 13.0. The SMILES string of the molecule is COC(=O)C1=CN(Cc2ccc(Cl)cc2)C=C(C(=O)OC)C1c1ccc(OC)c(OCc2ccccc2)c1. The summed E-state index contributed by atoms with van der Waals surface area (Å²) in [6.45, 7) is 0.721.